The lowest BCUT2D eigenvalue weighted by molar-refractivity contribution is -0.123. The molecule has 37 heavy (non-hydrogen) atoms. The molecule has 0 unspecified atom stereocenters. The van der Waals surface area contributed by atoms with Crippen molar-refractivity contribution in [2.24, 2.45) is 0 Å². The summed E-state index contributed by atoms with van der Waals surface area (Å²) in [5.74, 6) is -0.994. The highest BCUT2D eigenvalue weighted by Gasteiger charge is 2.21. The van der Waals surface area contributed by atoms with E-state index in [1.165, 1.54) is 62.6 Å². The summed E-state index contributed by atoms with van der Waals surface area (Å²) in [6, 6.07) is 14.3. The first-order chi connectivity index (χ1) is 17.6. The number of ether oxygens (including phenoxy) is 2. The predicted molar refractivity (Wildman–Crippen MR) is 138 cm³/mol. The quantitative estimate of drug-likeness (QED) is 0.247. The first-order valence-electron chi connectivity index (χ1n) is 10.8. The molecule has 0 radical (unpaired) electrons. The smallest absolute Gasteiger partial charge is 0.338 e. The number of aromatic nitrogens is 2. The van der Waals surface area contributed by atoms with Gasteiger partial charge >= 0.3 is 11.7 Å². The highest BCUT2D eigenvalue weighted by atomic mass is 35.5. The van der Waals surface area contributed by atoms with Crippen molar-refractivity contribution in [1.29, 1.82) is 0 Å². The lowest BCUT2D eigenvalue weighted by atomic mass is 10.2. The van der Waals surface area contributed by atoms with Crippen molar-refractivity contribution >= 4 is 55.9 Å². The van der Waals surface area contributed by atoms with Gasteiger partial charge in [-0.05, 0) is 67.6 Å². The molecular weight excluding hydrogens is 524 g/mol. The average Bonchev–Trinajstić information content (AvgIpc) is 3.23. The van der Waals surface area contributed by atoms with Crippen molar-refractivity contribution in [2.75, 3.05) is 17.1 Å². The largest absolute Gasteiger partial charge is 0.495 e. The molecule has 3 aromatic carbocycles. The lowest BCUT2D eigenvalue weighted by Crippen LogP contribution is -2.30. The van der Waals surface area contributed by atoms with E-state index in [0.29, 0.717) is 27.5 Å². The molecule has 1 atom stereocenters. The van der Waals surface area contributed by atoms with Crippen LogP contribution in [0.1, 0.15) is 17.3 Å². The zero-order chi connectivity index (χ0) is 26.7. The molecule has 0 bridgehead atoms. The summed E-state index contributed by atoms with van der Waals surface area (Å²) in [5.41, 5.74) is 0.990. The monoisotopic (exact) mass is 544 g/mol. The minimum atomic E-state index is -3.97. The fourth-order valence-corrected chi connectivity index (χ4v) is 4.62. The van der Waals surface area contributed by atoms with Crippen LogP contribution in [0, 0.1) is 0 Å². The standard InChI is InChI=1S/C24H21ClN4O7S/c1-13(22(30)26-20-11-15(25)5-10-21(20)35-2)36-23(31)14-3-6-16(7-4-14)29-37(33,34)17-8-9-18-19(12-17)28-24(32)27-18/h3-13,29H,1-2H3,(H,26,30)(H2,27,28,32)/t13-/m1/s1. The third-order valence-corrected chi connectivity index (χ3v) is 6.86. The van der Waals surface area contributed by atoms with Crippen LogP contribution in [-0.4, -0.2) is 43.5 Å². The van der Waals surface area contributed by atoms with Crippen LogP contribution in [-0.2, 0) is 19.6 Å². The Morgan fingerprint density at radius 3 is 2.38 bits per heavy atom. The maximum Gasteiger partial charge on any atom is 0.338 e. The molecule has 4 rings (SSSR count). The Hall–Kier alpha value is -4.29. The van der Waals surface area contributed by atoms with E-state index in [4.69, 9.17) is 21.1 Å². The Morgan fingerprint density at radius 2 is 1.68 bits per heavy atom. The van der Waals surface area contributed by atoms with E-state index < -0.39 is 33.7 Å². The summed E-state index contributed by atoms with van der Waals surface area (Å²) in [4.78, 5) is 41.4. The number of imidazole rings is 1. The van der Waals surface area contributed by atoms with Gasteiger partial charge in [0.15, 0.2) is 6.10 Å². The second-order valence-corrected chi connectivity index (χ2v) is 9.97. The number of sulfonamides is 1. The third-order valence-electron chi connectivity index (χ3n) is 5.24. The number of fused-ring (bicyclic) bond motifs is 1. The maximum absolute atomic E-state index is 12.7. The number of anilines is 2. The Kier molecular flexibility index (Phi) is 7.23. The van der Waals surface area contributed by atoms with Crippen LogP contribution in [0.25, 0.3) is 11.0 Å². The number of aromatic amines is 2. The molecule has 13 heteroatoms. The number of rotatable bonds is 8. The second kappa shape index (κ2) is 10.4. The number of halogens is 1. The van der Waals surface area contributed by atoms with Gasteiger partial charge in [-0.2, -0.15) is 0 Å². The zero-order valence-electron chi connectivity index (χ0n) is 19.5. The summed E-state index contributed by atoms with van der Waals surface area (Å²) in [6.45, 7) is 1.40. The maximum atomic E-state index is 12.7. The summed E-state index contributed by atoms with van der Waals surface area (Å²) in [7, 11) is -2.53. The van der Waals surface area contributed by atoms with Gasteiger partial charge in [-0.25, -0.2) is 18.0 Å². The fraction of sp³-hybridized carbons (Fsp3) is 0.125. The van der Waals surface area contributed by atoms with Gasteiger partial charge in [-0.15, -0.1) is 0 Å². The van der Waals surface area contributed by atoms with E-state index >= 15 is 0 Å². The molecular formula is C24H21ClN4O7S. The highest BCUT2D eigenvalue weighted by Crippen LogP contribution is 2.28. The topological polar surface area (TPSA) is 159 Å². The minimum Gasteiger partial charge on any atom is -0.495 e. The van der Waals surface area contributed by atoms with Gasteiger partial charge in [0, 0.05) is 10.7 Å². The summed E-state index contributed by atoms with van der Waals surface area (Å²) < 4.78 is 38.3. The third kappa shape index (κ3) is 5.93. The Bertz CT molecular complexity index is 1650. The van der Waals surface area contributed by atoms with Gasteiger partial charge in [-0.1, -0.05) is 11.6 Å². The van der Waals surface area contributed by atoms with E-state index in [1.54, 1.807) is 12.1 Å². The van der Waals surface area contributed by atoms with Crippen LogP contribution in [0.3, 0.4) is 0 Å². The van der Waals surface area contributed by atoms with Crippen LogP contribution in [0.15, 0.2) is 70.4 Å². The first-order valence-corrected chi connectivity index (χ1v) is 12.6. The van der Waals surface area contributed by atoms with E-state index in [-0.39, 0.29) is 16.1 Å². The summed E-state index contributed by atoms with van der Waals surface area (Å²) in [5, 5.41) is 2.98. The van der Waals surface area contributed by atoms with Crippen molar-refractivity contribution in [1.82, 2.24) is 9.97 Å². The molecule has 4 aromatic rings. The van der Waals surface area contributed by atoms with Gasteiger partial charge in [-0.3, -0.25) is 9.52 Å². The molecule has 0 saturated heterocycles. The minimum absolute atomic E-state index is 0.0603. The number of H-pyrrole nitrogens is 2. The predicted octanol–water partition coefficient (Wildman–Crippen LogP) is 3.50. The number of nitrogens with one attached hydrogen (secondary N) is 4. The number of benzene rings is 3. The van der Waals surface area contributed by atoms with Crippen LogP contribution >= 0.6 is 11.6 Å². The molecule has 0 aliphatic rings. The molecule has 4 N–H and O–H groups in total. The van der Waals surface area contributed by atoms with Crippen molar-refractivity contribution < 1.29 is 27.5 Å². The molecule has 1 aromatic heterocycles. The van der Waals surface area contributed by atoms with Crippen molar-refractivity contribution in [2.45, 2.75) is 17.9 Å². The van der Waals surface area contributed by atoms with Gasteiger partial charge < -0.3 is 24.8 Å². The molecule has 11 nitrogen and oxygen atoms in total. The van der Waals surface area contributed by atoms with E-state index in [2.05, 4.69) is 20.0 Å². The SMILES string of the molecule is COc1ccc(Cl)cc1NC(=O)[C@@H](C)OC(=O)c1ccc(NS(=O)(=O)c2ccc3[nH]c(=O)[nH]c3c2)cc1. The van der Waals surface area contributed by atoms with E-state index in [1.807, 2.05) is 0 Å². The molecule has 1 heterocycles. The first kappa shape index (κ1) is 25.8. The number of carbonyl (C=O) groups is 2. The molecule has 0 saturated carbocycles. The van der Waals surface area contributed by atoms with Gasteiger partial charge in [0.05, 0.1) is 34.3 Å². The highest BCUT2D eigenvalue weighted by molar-refractivity contribution is 7.92. The van der Waals surface area contributed by atoms with Crippen LogP contribution in [0.2, 0.25) is 5.02 Å². The molecule has 192 valence electrons. The van der Waals surface area contributed by atoms with E-state index in [0.717, 1.165) is 0 Å². The van der Waals surface area contributed by atoms with Crippen molar-refractivity contribution in [3.63, 3.8) is 0 Å². The number of carbonyl (C=O) groups excluding carboxylic acids is 2. The van der Waals surface area contributed by atoms with Crippen LogP contribution in [0.5, 0.6) is 5.75 Å². The van der Waals surface area contributed by atoms with Crippen molar-refractivity contribution in [3.8, 4) is 5.75 Å². The summed E-state index contributed by atoms with van der Waals surface area (Å²) >= 11 is 5.96. The molecule has 0 spiro atoms. The number of esters is 1. The van der Waals surface area contributed by atoms with E-state index in [9.17, 15) is 22.8 Å². The van der Waals surface area contributed by atoms with Crippen LogP contribution < -0.4 is 20.5 Å². The van der Waals surface area contributed by atoms with Gasteiger partial charge in [0.1, 0.15) is 5.75 Å². The van der Waals surface area contributed by atoms with Crippen LogP contribution in [0.4, 0.5) is 11.4 Å². The number of methoxy groups -OCH3 is 1. The fourth-order valence-electron chi connectivity index (χ4n) is 3.36. The molecule has 1 amide bonds. The Labute approximate surface area is 215 Å². The molecule has 0 fully saturated rings. The molecule has 0 aliphatic heterocycles. The number of amides is 1. The number of hydrogen-bond acceptors (Lipinski definition) is 7. The second-order valence-electron chi connectivity index (χ2n) is 7.85. The summed E-state index contributed by atoms with van der Waals surface area (Å²) in [6.07, 6.45) is -1.15. The van der Waals surface area contributed by atoms with Gasteiger partial charge in [0.2, 0.25) is 0 Å². The average molecular weight is 545 g/mol. The number of hydrogen-bond donors (Lipinski definition) is 4. The normalized spacial score (nSPS) is 12.1. The Balaban J connectivity index is 1.40. The lowest BCUT2D eigenvalue weighted by Gasteiger charge is -2.15. The van der Waals surface area contributed by atoms with Gasteiger partial charge in [0.25, 0.3) is 15.9 Å². The Morgan fingerprint density at radius 1 is 0.973 bits per heavy atom. The molecule has 0 aliphatic carbocycles. The zero-order valence-corrected chi connectivity index (χ0v) is 21.1. The van der Waals surface area contributed by atoms with Crippen molar-refractivity contribution in [3.05, 3.63) is 81.7 Å².